The van der Waals surface area contributed by atoms with Gasteiger partial charge in [0.2, 0.25) is 5.91 Å². The molecule has 0 spiro atoms. The topological polar surface area (TPSA) is 55.6 Å². The highest BCUT2D eigenvalue weighted by molar-refractivity contribution is 5.92. The van der Waals surface area contributed by atoms with Gasteiger partial charge in [-0.3, -0.25) is 9.69 Å². The maximum atomic E-state index is 11.0. The molecule has 0 aromatic heterocycles. The standard InChI is InChI=1S/C14H20N2O2/c1-10-9-18-11(2)7-16(10)8-12-3-5-13(6-4-12)14(15)17/h3-6,10-11H,7-9H2,1-2H3,(H2,15,17). The van der Waals surface area contributed by atoms with Crippen molar-refractivity contribution in [2.24, 2.45) is 5.73 Å². The minimum Gasteiger partial charge on any atom is -0.376 e. The number of amides is 1. The highest BCUT2D eigenvalue weighted by atomic mass is 16.5. The van der Waals surface area contributed by atoms with Crippen molar-refractivity contribution in [3.63, 3.8) is 0 Å². The maximum Gasteiger partial charge on any atom is 0.248 e. The van der Waals surface area contributed by atoms with Crippen molar-refractivity contribution < 1.29 is 9.53 Å². The van der Waals surface area contributed by atoms with E-state index in [-0.39, 0.29) is 12.0 Å². The quantitative estimate of drug-likeness (QED) is 0.879. The first-order valence-electron chi connectivity index (χ1n) is 6.30. The highest BCUT2D eigenvalue weighted by Gasteiger charge is 2.23. The number of benzene rings is 1. The summed E-state index contributed by atoms with van der Waals surface area (Å²) < 4.78 is 5.61. The van der Waals surface area contributed by atoms with E-state index in [1.807, 2.05) is 12.1 Å². The van der Waals surface area contributed by atoms with Crippen LogP contribution in [0.25, 0.3) is 0 Å². The molecule has 18 heavy (non-hydrogen) atoms. The van der Waals surface area contributed by atoms with Gasteiger partial charge in [-0.1, -0.05) is 12.1 Å². The monoisotopic (exact) mass is 248 g/mol. The summed E-state index contributed by atoms with van der Waals surface area (Å²) in [5.74, 6) is -0.380. The smallest absolute Gasteiger partial charge is 0.248 e. The molecule has 4 heteroatoms. The van der Waals surface area contributed by atoms with Crippen molar-refractivity contribution in [1.82, 2.24) is 4.90 Å². The van der Waals surface area contributed by atoms with Crippen LogP contribution in [0, 0.1) is 0 Å². The van der Waals surface area contributed by atoms with Crippen LogP contribution in [0.5, 0.6) is 0 Å². The zero-order valence-electron chi connectivity index (χ0n) is 10.9. The largest absolute Gasteiger partial charge is 0.376 e. The number of primary amides is 1. The predicted octanol–water partition coefficient (Wildman–Crippen LogP) is 1.39. The lowest BCUT2D eigenvalue weighted by atomic mass is 10.1. The van der Waals surface area contributed by atoms with Gasteiger partial charge in [-0.2, -0.15) is 0 Å². The minimum atomic E-state index is -0.380. The Balaban J connectivity index is 2.02. The van der Waals surface area contributed by atoms with Gasteiger partial charge in [-0.25, -0.2) is 0 Å². The van der Waals surface area contributed by atoms with E-state index in [1.165, 1.54) is 5.56 Å². The van der Waals surface area contributed by atoms with Crippen molar-refractivity contribution in [3.8, 4) is 0 Å². The summed E-state index contributed by atoms with van der Waals surface area (Å²) in [6.07, 6.45) is 0.283. The first-order valence-corrected chi connectivity index (χ1v) is 6.30. The van der Waals surface area contributed by atoms with Crippen LogP contribution < -0.4 is 5.73 Å². The first kappa shape index (κ1) is 13.1. The number of carbonyl (C=O) groups excluding carboxylic acids is 1. The molecule has 1 amide bonds. The first-order chi connectivity index (χ1) is 8.56. The third-order valence-corrected chi connectivity index (χ3v) is 3.36. The zero-order valence-corrected chi connectivity index (χ0v) is 10.9. The van der Waals surface area contributed by atoms with E-state index in [1.54, 1.807) is 12.1 Å². The second-order valence-electron chi connectivity index (χ2n) is 4.98. The molecule has 98 valence electrons. The number of hydrogen-bond donors (Lipinski definition) is 1. The van der Waals surface area contributed by atoms with Gasteiger partial charge in [0.25, 0.3) is 0 Å². The number of nitrogens with zero attached hydrogens (tertiary/aromatic N) is 1. The van der Waals surface area contributed by atoms with Gasteiger partial charge in [0.15, 0.2) is 0 Å². The molecule has 1 aromatic carbocycles. The van der Waals surface area contributed by atoms with E-state index < -0.39 is 0 Å². The van der Waals surface area contributed by atoms with E-state index in [0.717, 1.165) is 19.7 Å². The molecule has 1 fully saturated rings. The molecule has 1 aliphatic rings. The SMILES string of the molecule is CC1CN(Cc2ccc(C(N)=O)cc2)C(C)CO1. The molecule has 2 unspecified atom stereocenters. The minimum absolute atomic E-state index is 0.283. The Morgan fingerprint density at radius 3 is 2.67 bits per heavy atom. The van der Waals surface area contributed by atoms with Gasteiger partial charge >= 0.3 is 0 Å². The van der Waals surface area contributed by atoms with Gasteiger partial charge in [-0.15, -0.1) is 0 Å². The number of morpholine rings is 1. The van der Waals surface area contributed by atoms with Gasteiger partial charge in [0.05, 0.1) is 12.7 Å². The lowest BCUT2D eigenvalue weighted by Crippen LogP contribution is -2.46. The molecule has 2 N–H and O–H groups in total. The van der Waals surface area contributed by atoms with Gasteiger partial charge in [0, 0.05) is 24.7 Å². The van der Waals surface area contributed by atoms with Crippen molar-refractivity contribution in [2.75, 3.05) is 13.2 Å². The molecule has 2 atom stereocenters. The van der Waals surface area contributed by atoms with Crippen LogP contribution in [-0.4, -0.2) is 36.1 Å². The normalized spacial score (nSPS) is 25.0. The molecule has 0 radical (unpaired) electrons. The number of ether oxygens (including phenoxy) is 1. The van der Waals surface area contributed by atoms with Crippen LogP contribution in [-0.2, 0) is 11.3 Å². The van der Waals surface area contributed by atoms with E-state index in [0.29, 0.717) is 11.6 Å². The van der Waals surface area contributed by atoms with Crippen molar-refractivity contribution in [1.29, 1.82) is 0 Å². The van der Waals surface area contributed by atoms with Crippen LogP contribution in [0.1, 0.15) is 29.8 Å². The van der Waals surface area contributed by atoms with E-state index >= 15 is 0 Å². The van der Waals surface area contributed by atoms with Crippen molar-refractivity contribution in [2.45, 2.75) is 32.5 Å². The summed E-state index contributed by atoms with van der Waals surface area (Å²) in [6.45, 7) is 6.87. The fraction of sp³-hybridized carbons (Fsp3) is 0.500. The number of nitrogens with two attached hydrogens (primary N) is 1. The molecule has 1 aromatic rings. The second-order valence-corrected chi connectivity index (χ2v) is 4.98. The third kappa shape index (κ3) is 3.09. The number of carbonyl (C=O) groups is 1. The summed E-state index contributed by atoms with van der Waals surface area (Å²) in [5.41, 5.74) is 6.98. The second kappa shape index (κ2) is 5.50. The molecule has 2 rings (SSSR count). The van der Waals surface area contributed by atoms with Crippen LogP contribution in [0.2, 0.25) is 0 Å². The van der Waals surface area contributed by atoms with Crippen LogP contribution in [0.15, 0.2) is 24.3 Å². The van der Waals surface area contributed by atoms with Gasteiger partial charge in [0.1, 0.15) is 0 Å². The highest BCUT2D eigenvalue weighted by Crippen LogP contribution is 2.15. The van der Waals surface area contributed by atoms with E-state index in [9.17, 15) is 4.79 Å². The van der Waals surface area contributed by atoms with Gasteiger partial charge in [-0.05, 0) is 31.5 Å². The van der Waals surface area contributed by atoms with E-state index in [4.69, 9.17) is 10.5 Å². The number of rotatable bonds is 3. The Kier molecular flexibility index (Phi) is 3.99. The molecule has 0 aliphatic carbocycles. The predicted molar refractivity (Wildman–Crippen MR) is 70.2 cm³/mol. The molecule has 0 bridgehead atoms. The summed E-state index contributed by atoms with van der Waals surface area (Å²) in [4.78, 5) is 13.4. The molecule has 1 heterocycles. The summed E-state index contributed by atoms with van der Waals surface area (Å²) in [5, 5.41) is 0. The fourth-order valence-corrected chi connectivity index (χ4v) is 2.20. The Hall–Kier alpha value is -1.39. The molecule has 1 saturated heterocycles. The Morgan fingerprint density at radius 2 is 2.06 bits per heavy atom. The molecule has 0 saturated carbocycles. The Labute approximate surface area is 108 Å². The molecule has 1 aliphatic heterocycles. The van der Waals surface area contributed by atoms with Crippen LogP contribution >= 0.6 is 0 Å². The van der Waals surface area contributed by atoms with Gasteiger partial charge < -0.3 is 10.5 Å². The molecular weight excluding hydrogens is 228 g/mol. The summed E-state index contributed by atoms with van der Waals surface area (Å²) >= 11 is 0. The molecular formula is C14H20N2O2. The van der Waals surface area contributed by atoms with Crippen molar-refractivity contribution >= 4 is 5.91 Å². The average Bonchev–Trinajstić information content (AvgIpc) is 2.34. The summed E-state index contributed by atoms with van der Waals surface area (Å²) in [6, 6.07) is 7.93. The fourth-order valence-electron chi connectivity index (χ4n) is 2.20. The lowest BCUT2D eigenvalue weighted by Gasteiger charge is -2.36. The Bertz CT molecular complexity index is 416. The van der Waals surface area contributed by atoms with Crippen molar-refractivity contribution in [3.05, 3.63) is 35.4 Å². The molecule has 4 nitrogen and oxygen atoms in total. The zero-order chi connectivity index (χ0) is 13.1. The summed E-state index contributed by atoms with van der Waals surface area (Å²) in [7, 11) is 0. The van der Waals surface area contributed by atoms with Crippen LogP contribution in [0.4, 0.5) is 0 Å². The lowest BCUT2D eigenvalue weighted by molar-refractivity contribution is -0.0526. The van der Waals surface area contributed by atoms with Crippen LogP contribution in [0.3, 0.4) is 0 Å². The third-order valence-electron chi connectivity index (χ3n) is 3.36. The number of hydrogen-bond acceptors (Lipinski definition) is 3. The average molecular weight is 248 g/mol. The Morgan fingerprint density at radius 1 is 1.39 bits per heavy atom. The maximum absolute atomic E-state index is 11.0. The van der Waals surface area contributed by atoms with E-state index in [2.05, 4.69) is 18.7 Å².